The molecule has 1 aromatic rings. The van der Waals surface area contributed by atoms with Crippen LogP contribution in [0.2, 0.25) is 0 Å². The van der Waals surface area contributed by atoms with Crippen LogP contribution in [0.3, 0.4) is 0 Å². The number of rotatable bonds is 5. The van der Waals surface area contributed by atoms with E-state index in [1.807, 2.05) is 0 Å². The predicted octanol–water partition coefficient (Wildman–Crippen LogP) is 1.58. The van der Waals surface area contributed by atoms with Crippen molar-refractivity contribution in [3.63, 3.8) is 0 Å². The fourth-order valence-corrected chi connectivity index (χ4v) is 1.57. The lowest BCUT2D eigenvalue weighted by Crippen LogP contribution is -2.01. The topological polar surface area (TPSA) is 44.8 Å². The van der Waals surface area contributed by atoms with E-state index < -0.39 is 0 Å². The fourth-order valence-electron chi connectivity index (χ4n) is 1.40. The molecule has 0 saturated carbocycles. The summed E-state index contributed by atoms with van der Waals surface area (Å²) in [6, 6.07) is 3.23. The maximum Gasteiger partial charge on any atom is 0.187 e. The van der Waals surface area contributed by atoms with Crippen molar-refractivity contribution in [3.8, 4) is 17.2 Å². The van der Waals surface area contributed by atoms with Crippen LogP contribution >= 0.6 is 0 Å². The molecule has 0 spiro atoms. The smallest absolute Gasteiger partial charge is 0.187 e. The van der Waals surface area contributed by atoms with Crippen molar-refractivity contribution in [1.29, 1.82) is 0 Å². The number of methoxy groups -OCH3 is 3. The summed E-state index contributed by atoms with van der Waals surface area (Å²) in [4.78, 5) is 13.4. The van der Waals surface area contributed by atoms with Crippen LogP contribution < -0.4 is 14.2 Å². The average Bonchev–Trinajstić information content (AvgIpc) is 2.37. The molecule has 5 heteroatoms. The van der Waals surface area contributed by atoms with E-state index in [9.17, 15) is 4.79 Å². The van der Waals surface area contributed by atoms with E-state index in [1.165, 1.54) is 27.4 Å². The zero-order valence-corrected chi connectivity index (χ0v) is 11.2. The molecule has 0 bridgehead atoms. The highest BCUT2D eigenvalue weighted by atomic mass is 27.0. The molecular weight excluding hydrogens is 235 g/mol. The molecule has 0 saturated heterocycles. The van der Waals surface area contributed by atoms with Crippen LogP contribution in [0.15, 0.2) is 23.1 Å². The molecule has 0 aliphatic carbocycles. The third-order valence-electron chi connectivity index (χ3n) is 2.22. The quantitative estimate of drug-likeness (QED) is 0.451. The standard InChI is InChI=1S/C12H13O4.Al/c1-5-9(13)8-6-11(15-3)12(16-4)7-10(8)14-2;/h1,5-7H,2-4H3;. The lowest BCUT2D eigenvalue weighted by Gasteiger charge is -2.12. The van der Waals surface area contributed by atoms with Crippen molar-refractivity contribution in [2.24, 2.45) is 0 Å². The van der Waals surface area contributed by atoms with Gasteiger partial charge in [-0.2, -0.15) is 4.94 Å². The number of hydrogen-bond acceptors (Lipinski definition) is 4. The molecule has 1 rings (SSSR count). The first kappa shape index (κ1) is 13.6. The maximum atomic E-state index is 11.8. The van der Waals surface area contributed by atoms with Crippen molar-refractivity contribution < 1.29 is 19.0 Å². The first-order valence-electron chi connectivity index (χ1n) is 4.90. The number of carbonyl (C=O) groups excluding carboxylic acids is 1. The van der Waals surface area contributed by atoms with Gasteiger partial charge in [0.25, 0.3) is 0 Å². The van der Waals surface area contributed by atoms with E-state index in [0.717, 1.165) is 0 Å². The Morgan fingerprint density at radius 1 is 1.06 bits per heavy atom. The Balaban J connectivity index is 3.33. The minimum atomic E-state index is -0.155. The lowest BCUT2D eigenvalue weighted by atomic mass is 10.1. The molecule has 0 aromatic heterocycles. The molecule has 0 heterocycles. The summed E-state index contributed by atoms with van der Waals surface area (Å²) in [6.45, 7) is 0. The molecule has 0 N–H and O–H groups in total. The van der Waals surface area contributed by atoms with E-state index in [4.69, 9.17) is 14.2 Å². The van der Waals surface area contributed by atoms with E-state index in [-0.39, 0.29) is 5.78 Å². The summed E-state index contributed by atoms with van der Waals surface area (Å²) < 4.78 is 15.4. The zero-order chi connectivity index (χ0) is 12.8. The van der Waals surface area contributed by atoms with Gasteiger partial charge >= 0.3 is 0 Å². The minimum Gasteiger partial charge on any atom is -0.496 e. The van der Waals surface area contributed by atoms with Gasteiger partial charge in [0, 0.05) is 6.07 Å². The number of allylic oxidation sites excluding steroid dienone is 1. The second-order valence-corrected chi connectivity index (χ2v) is 3.52. The SMILES string of the molecule is COc1cc(OC)c(C(=O)/C=[CH]/[Al])cc1OC. The van der Waals surface area contributed by atoms with Gasteiger partial charge in [-0.25, -0.2) is 0 Å². The van der Waals surface area contributed by atoms with Gasteiger partial charge in [-0.15, -0.1) is 0 Å². The van der Waals surface area contributed by atoms with Gasteiger partial charge in [-0.3, -0.25) is 4.79 Å². The molecule has 4 nitrogen and oxygen atoms in total. The molecule has 0 aliphatic heterocycles. The Morgan fingerprint density at radius 2 is 1.59 bits per heavy atom. The second kappa shape index (κ2) is 6.34. The summed E-state index contributed by atoms with van der Waals surface area (Å²) in [5.41, 5.74) is 0.434. The van der Waals surface area contributed by atoms with Crippen molar-refractivity contribution in [2.75, 3.05) is 21.3 Å². The largest absolute Gasteiger partial charge is 0.496 e. The molecule has 0 unspecified atom stereocenters. The van der Waals surface area contributed by atoms with Crippen molar-refractivity contribution in [1.82, 2.24) is 0 Å². The molecule has 0 fully saturated rings. The Morgan fingerprint density at radius 3 is 2.06 bits per heavy atom. The first-order valence-corrected chi connectivity index (χ1v) is 5.57. The highest BCUT2D eigenvalue weighted by molar-refractivity contribution is 6.21. The maximum absolute atomic E-state index is 11.8. The van der Waals surface area contributed by atoms with Crippen LogP contribution in [0.25, 0.3) is 0 Å². The summed E-state index contributed by atoms with van der Waals surface area (Å²) >= 11 is 2.35. The number of carbonyl (C=O) groups is 1. The van der Waals surface area contributed by atoms with Gasteiger partial charge in [0.05, 0.1) is 26.9 Å². The molecule has 1 aromatic carbocycles. The predicted molar refractivity (Wildman–Crippen MR) is 65.3 cm³/mol. The van der Waals surface area contributed by atoms with Crippen molar-refractivity contribution >= 4 is 22.1 Å². The summed E-state index contributed by atoms with van der Waals surface area (Å²) in [7, 11) is 4.55. The average molecular weight is 248 g/mol. The number of ketones is 1. The monoisotopic (exact) mass is 248 g/mol. The highest BCUT2D eigenvalue weighted by Crippen LogP contribution is 2.34. The third kappa shape index (κ3) is 3.03. The van der Waals surface area contributed by atoms with Crippen LogP contribution in [-0.4, -0.2) is 43.4 Å². The molecule has 0 aliphatic rings. The molecule has 88 valence electrons. The Kier molecular flexibility index (Phi) is 5.08. The van der Waals surface area contributed by atoms with Gasteiger partial charge in [-0.05, 0) is 12.1 Å². The van der Waals surface area contributed by atoms with Crippen LogP contribution in [-0.2, 0) is 0 Å². The van der Waals surface area contributed by atoms with Crippen molar-refractivity contribution in [2.45, 2.75) is 0 Å². The van der Waals surface area contributed by atoms with Gasteiger partial charge in [0.15, 0.2) is 33.6 Å². The Hall–Kier alpha value is -1.44. The van der Waals surface area contributed by atoms with Crippen molar-refractivity contribution in [3.05, 3.63) is 28.7 Å². The molecule has 0 amide bonds. The van der Waals surface area contributed by atoms with Gasteiger partial charge < -0.3 is 14.2 Å². The number of benzene rings is 1. The normalized spacial score (nSPS) is 10.3. The molecular formula is C12H13AlO4. The molecule has 0 atom stereocenters. The number of ether oxygens (including phenoxy) is 3. The van der Waals surface area contributed by atoms with Crippen LogP contribution in [0.4, 0.5) is 0 Å². The second-order valence-electron chi connectivity index (χ2n) is 3.13. The summed E-state index contributed by atoms with van der Waals surface area (Å²) in [5.74, 6) is 1.32. The fraction of sp³-hybridized carbons (Fsp3) is 0.250. The van der Waals surface area contributed by atoms with E-state index in [2.05, 4.69) is 16.3 Å². The van der Waals surface area contributed by atoms with E-state index >= 15 is 0 Å². The van der Waals surface area contributed by atoms with E-state index in [1.54, 1.807) is 17.1 Å². The van der Waals surface area contributed by atoms with Gasteiger partial charge in [-0.1, -0.05) is 0 Å². The van der Waals surface area contributed by atoms with Crippen LogP contribution in [0.5, 0.6) is 17.2 Å². The lowest BCUT2D eigenvalue weighted by molar-refractivity contribution is 0.104. The first-order chi connectivity index (χ1) is 8.17. The summed E-state index contributed by atoms with van der Waals surface area (Å²) in [5, 5.41) is 0. The van der Waals surface area contributed by atoms with E-state index in [0.29, 0.717) is 22.8 Å². The Labute approximate surface area is 109 Å². The van der Waals surface area contributed by atoms with Crippen LogP contribution in [0, 0.1) is 0 Å². The Bertz CT molecular complexity index is 440. The molecule has 17 heavy (non-hydrogen) atoms. The summed E-state index contributed by atoms with van der Waals surface area (Å²) in [6.07, 6.45) is 1.44. The highest BCUT2D eigenvalue weighted by Gasteiger charge is 2.15. The minimum absolute atomic E-state index is 0.155. The van der Waals surface area contributed by atoms with Gasteiger partial charge in [0.2, 0.25) is 0 Å². The van der Waals surface area contributed by atoms with Crippen LogP contribution in [0.1, 0.15) is 10.4 Å². The number of hydrogen-bond donors (Lipinski definition) is 0. The zero-order valence-electron chi connectivity index (χ0n) is 10.0. The molecule has 2 radical (unpaired) electrons. The third-order valence-corrected chi connectivity index (χ3v) is 2.41. The van der Waals surface area contributed by atoms with Gasteiger partial charge in [0.1, 0.15) is 5.75 Å².